The van der Waals surface area contributed by atoms with Crippen LogP contribution in [0, 0.1) is 0 Å². The van der Waals surface area contributed by atoms with Crippen molar-refractivity contribution < 1.29 is 27.9 Å². The Kier molecular flexibility index (Phi) is 4.92. The Bertz CT molecular complexity index is 986. The fourth-order valence-corrected chi connectivity index (χ4v) is 3.17. The van der Waals surface area contributed by atoms with Crippen LogP contribution in [0.25, 0.3) is 5.57 Å². The normalized spacial score (nSPS) is 15.1. The second kappa shape index (κ2) is 6.90. The van der Waals surface area contributed by atoms with Gasteiger partial charge in [-0.15, -0.1) is 0 Å². The van der Waals surface area contributed by atoms with Crippen LogP contribution in [-0.4, -0.2) is 21.8 Å². The molecule has 3 rings (SSSR count). The summed E-state index contributed by atoms with van der Waals surface area (Å²) in [5.74, 6) is -2.70. The lowest BCUT2D eigenvalue weighted by atomic mass is 10.1. The van der Waals surface area contributed by atoms with Crippen molar-refractivity contribution >= 4 is 40.6 Å². The van der Waals surface area contributed by atoms with Gasteiger partial charge in [0.1, 0.15) is 0 Å². The maximum absolute atomic E-state index is 12.8. The molecule has 1 aliphatic heterocycles. The molecule has 0 fully saturated rings. The van der Waals surface area contributed by atoms with Crippen molar-refractivity contribution in [1.29, 1.82) is 0 Å². The van der Waals surface area contributed by atoms with E-state index in [2.05, 4.69) is 0 Å². The molecule has 0 atom stereocenters. The van der Waals surface area contributed by atoms with E-state index in [1.165, 1.54) is 30.3 Å². The van der Waals surface area contributed by atoms with Gasteiger partial charge in [-0.25, -0.2) is 0 Å². The largest absolute Gasteiger partial charge is 0.502 e. The molecule has 0 unspecified atom stereocenters. The number of hydrogen-bond donors (Lipinski definition) is 1. The lowest BCUT2D eigenvalue weighted by molar-refractivity contribution is -0.138. The van der Waals surface area contributed by atoms with E-state index in [1.54, 1.807) is 0 Å². The molecule has 27 heavy (non-hydrogen) atoms. The van der Waals surface area contributed by atoms with Gasteiger partial charge in [0.25, 0.3) is 11.8 Å². The molecule has 0 saturated carbocycles. The maximum Gasteiger partial charge on any atom is 0.416 e. The van der Waals surface area contributed by atoms with Crippen molar-refractivity contribution in [2.75, 3.05) is 0 Å². The van der Waals surface area contributed by atoms with Crippen LogP contribution in [-0.2, 0) is 22.3 Å². The van der Waals surface area contributed by atoms with Crippen LogP contribution in [0.4, 0.5) is 13.2 Å². The Hall–Kier alpha value is -2.51. The zero-order chi connectivity index (χ0) is 19.9. The van der Waals surface area contributed by atoms with Gasteiger partial charge in [0.15, 0.2) is 5.76 Å². The summed E-state index contributed by atoms with van der Waals surface area (Å²) in [6.45, 7) is -0.430. The van der Waals surface area contributed by atoms with E-state index < -0.39 is 35.9 Å². The topological polar surface area (TPSA) is 57.6 Å². The summed E-state index contributed by atoms with van der Waals surface area (Å²) >= 11 is 11.8. The van der Waals surface area contributed by atoms with Gasteiger partial charge in [0.05, 0.1) is 22.7 Å². The number of amides is 2. The van der Waals surface area contributed by atoms with Crippen LogP contribution in [0.2, 0.25) is 10.0 Å². The third-order valence-corrected chi connectivity index (χ3v) is 4.49. The zero-order valence-electron chi connectivity index (χ0n) is 13.3. The summed E-state index contributed by atoms with van der Waals surface area (Å²) < 4.78 is 38.5. The summed E-state index contributed by atoms with van der Waals surface area (Å²) in [6, 6.07) is 8.38. The highest BCUT2D eigenvalue weighted by molar-refractivity contribution is 6.40. The van der Waals surface area contributed by atoms with Gasteiger partial charge < -0.3 is 5.11 Å². The van der Waals surface area contributed by atoms with Crippen LogP contribution in [0.1, 0.15) is 16.7 Å². The fourth-order valence-electron chi connectivity index (χ4n) is 2.67. The first kappa shape index (κ1) is 19.3. The standard InChI is InChI=1S/C18H10Cl2F3NO3/c19-11-4-5-12(13(20)7-11)14-15(25)17(27)24(16(14)26)8-9-2-1-3-10(6-9)18(21,22)23/h1-7,25H,8H2. The highest BCUT2D eigenvalue weighted by Crippen LogP contribution is 2.35. The third-order valence-electron chi connectivity index (χ3n) is 3.94. The fraction of sp³-hybridized carbons (Fsp3) is 0.111. The first-order valence-corrected chi connectivity index (χ1v) is 8.26. The Morgan fingerprint density at radius 3 is 2.33 bits per heavy atom. The lowest BCUT2D eigenvalue weighted by Gasteiger charge is -2.16. The second-order valence-corrected chi connectivity index (χ2v) is 6.59. The number of imide groups is 1. The highest BCUT2D eigenvalue weighted by atomic mass is 35.5. The molecular weight excluding hydrogens is 406 g/mol. The number of nitrogens with zero attached hydrogens (tertiary/aromatic N) is 1. The average Bonchev–Trinajstić information content (AvgIpc) is 2.79. The number of rotatable bonds is 3. The molecule has 4 nitrogen and oxygen atoms in total. The number of alkyl halides is 3. The Balaban J connectivity index is 1.93. The molecule has 1 N–H and O–H groups in total. The lowest BCUT2D eigenvalue weighted by Crippen LogP contribution is -2.31. The molecule has 0 saturated heterocycles. The van der Waals surface area contributed by atoms with Crippen molar-refractivity contribution in [3.8, 4) is 0 Å². The number of aliphatic hydroxyl groups is 1. The van der Waals surface area contributed by atoms with E-state index >= 15 is 0 Å². The predicted octanol–water partition coefficient (Wildman–Crippen LogP) is 4.85. The highest BCUT2D eigenvalue weighted by Gasteiger charge is 2.40. The molecule has 2 amide bonds. The van der Waals surface area contributed by atoms with Crippen molar-refractivity contribution in [3.63, 3.8) is 0 Å². The van der Waals surface area contributed by atoms with Crippen LogP contribution in [0.15, 0.2) is 48.2 Å². The maximum atomic E-state index is 12.8. The minimum Gasteiger partial charge on any atom is -0.502 e. The van der Waals surface area contributed by atoms with E-state index in [1.807, 2.05) is 0 Å². The Morgan fingerprint density at radius 2 is 1.70 bits per heavy atom. The first-order chi connectivity index (χ1) is 12.6. The molecule has 0 spiro atoms. The smallest absolute Gasteiger partial charge is 0.416 e. The predicted molar refractivity (Wildman–Crippen MR) is 93.0 cm³/mol. The van der Waals surface area contributed by atoms with Crippen LogP contribution >= 0.6 is 23.2 Å². The minimum atomic E-state index is -4.56. The van der Waals surface area contributed by atoms with E-state index in [-0.39, 0.29) is 21.7 Å². The van der Waals surface area contributed by atoms with Crippen LogP contribution in [0.5, 0.6) is 0 Å². The molecule has 0 aliphatic carbocycles. The molecular formula is C18H10Cl2F3NO3. The molecule has 2 aromatic rings. The van der Waals surface area contributed by atoms with Gasteiger partial charge >= 0.3 is 6.18 Å². The molecule has 0 aromatic heterocycles. The van der Waals surface area contributed by atoms with Gasteiger partial charge in [-0.05, 0) is 29.8 Å². The summed E-state index contributed by atoms with van der Waals surface area (Å²) in [5, 5.41) is 10.4. The summed E-state index contributed by atoms with van der Waals surface area (Å²) in [7, 11) is 0. The van der Waals surface area contributed by atoms with E-state index in [9.17, 15) is 27.9 Å². The van der Waals surface area contributed by atoms with Gasteiger partial charge in [-0.3, -0.25) is 14.5 Å². The number of carbonyl (C=O) groups is 2. The van der Waals surface area contributed by atoms with E-state index in [0.717, 1.165) is 12.1 Å². The molecule has 1 aliphatic rings. The number of halogens is 5. The molecule has 2 aromatic carbocycles. The van der Waals surface area contributed by atoms with Crippen molar-refractivity contribution in [2.45, 2.75) is 12.7 Å². The van der Waals surface area contributed by atoms with Crippen molar-refractivity contribution in [1.82, 2.24) is 4.90 Å². The number of aliphatic hydroxyl groups excluding tert-OH is 1. The quantitative estimate of drug-likeness (QED) is 0.728. The van der Waals surface area contributed by atoms with Gasteiger partial charge in [-0.2, -0.15) is 13.2 Å². The van der Waals surface area contributed by atoms with Crippen LogP contribution in [0.3, 0.4) is 0 Å². The van der Waals surface area contributed by atoms with Crippen molar-refractivity contribution in [3.05, 3.63) is 75.0 Å². The zero-order valence-corrected chi connectivity index (χ0v) is 14.9. The molecule has 140 valence electrons. The summed E-state index contributed by atoms with van der Waals surface area (Å²) in [4.78, 5) is 25.6. The second-order valence-electron chi connectivity index (χ2n) is 5.74. The minimum absolute atomic E-state index is 0.0473. The van der Waals surface area contributed by atoms with Crippen LogP contribution < -0.4 is 0 Å². The third kappa shape index (κ3) is 3.65. The van der Waals surface area contributed by atoms with E-state index in [4.69, 9.17) is 23.2 Å². The SMILES string of the molecule is O=C1C(O)=C(c2ccc(Cl)cc2Cl)C(=O)N1Cc1cccc(C(F)(F)F)c1. The van der Waals surface area contributed by atoms with Gasteiger partial charge in [-0.1, -0.05) is 41.4 Å². The summed E-state index contributed by atoms with van der Waals surface area (Å²) in [6.07, 6.45) is -4.56. The number of carbonyl (C=O) groups excluding carboxylic acids is 2. The molecule has 0 bridgehead atoms. The molecule has 1 heterocycles. The Labute approximate surface area is 161 Å². The first-order valence-electron chi connectivity index (χ1n) is 7.50. The van der Waals surface area contributed by atoms with Crippen molar-refractivity contribution in [2.24, 2.45) is 0 Å². The Morgan fingerprint density at radius 1 is 1.00 bits per heavy atom. The number of hydrogen-bond acceptors (Lipinski definition) is 3. The number of benzene rings is 2. The average molecular weight is 416 g/mol. The summed E-state index contributed by atoms with van der Waals surface area (Å²) in [5.41, 5.74) is -1.04. The van der Waals surface area contributed by atoms with E-state index in [0.29, 0.717) is 9.92 Å². The van der Waals surface area contributed by atoms with Gasteiger partial charge in [0.2, 0.25) is 0 Å². The van der Waals surface area contributed by atoms with Gasteiger partial charge in [0, 0.05) is 10.6 Å². The monoisotopic (exact) mass is 415 g/mol. The molecule has 0 radical (unpaired) electrons. The molecule has 9 heteroatoms.